The first-order valence-corrected chi connectivity index (χ1v) is 5.79. The molecule has 3 aromatic rings. The number of anilines is 1. The maximum atomic E-state index is 14.0. The number of benzene rings is 1. The van der Waals surface area contributed by atoms with E-state index in [0.29, 0.717) is 11.5 Å². The number of nitrogens with two attached hydrogens (primary N) is 1. The van der Waals surface area contributed by atoms with Gasteiger partial charge in [-0.05, 0) is 24.3 Å². The number of hydrogen-bond acceptors (Lipinski definition) is 4. The fourth-order valence-electron chi connectivity index (χ4n) is 1.86. The van der Waals surface area contributed by atoms with Crippen molar-refractivity contribution < 1.29 is 13.3 Å². The third-order valence-electron chi connectivity index (χ3n) is 2.69. The molecule has 0 fully saturated rings. The Morgan fingerprint density at radius 1 is 1.16 bits per heavy atom. The predicted octanol–water partition coefficient (Wildman–Crippen LogP) is 3.98. The van der Waals surface area contributed by atoms with Crippen LogP contribution in [0.3, 0.4) is 0 Å². The highest BCUT2D eigenvalue weighted by Gasteiger charge is 2.23. The van der Waals surface area contributed by atoms with Crippen LogP contribution >= 0.6 is 11.6 Å². The maximum absolute atomic E-state index is 14.0. The first-order valence-electron chi connectivity index (χ1n) is 5.42. The lowest BCUT2D eigenvalue weighted by molar-refractivity contribution is 0.436. The van der Waals surface area contributed by atoms with Crippen LogP contribution in [-0.4, -0.2) is 5.16 Å². The molecule has 2 aromatic heterocycles. The summed E-state index contributed by atoms with van der Waals surface area (Å²) in [4.78, 5) is 0. The molecule has 0 aliphatic rings. The van der Waals surface area contributed by atoms with Crippen molar-refractivity contribution in [1.82, 2.24) is 5.16 Å². The van der Waals surface area contributed by atoms with E-state index < -0.39 is 5.82 Å². The topological polar surface area (TPSA) is 65.2 Å². The van der Waals surface area contributed by atoms with E-state index in [1.807, 2.05) is 0 Å². The number of nitrogen functional groups attached to an aromatic ring is 1. The average Bonchev–Trinajstić information content (AvgIpc) is 2.99. The molecule has 0 aliphatic heterocycles. The van der Waals surface area contributed by atoms with Gasteiger partial charge in [-0.1, -0.05) is 22.8 Å². The molecule has 0 spiro atoms. The first kappa shape index (κ1) is 11.8. The Morgan fingerprint density at radius 3 is 2.68 bits per heavy atom. The summed E-state index contributed by atoms with van der Waals surface area (Å²) in [6.45, 7) is 0. The molecule has 6 heteroatoms. The molecule has 0 saturated carbocycles. The minimum atomic E-state index is -0.504. The summed E-state index contributed by atoms with van der Waals surface area (Å²) < 4.78 is 24.1. The van der Waals surface area contributed by atoms with Crippen LogP contribution in [0.1, 0.15) is 0 Å². The standard InChI is InChI=1S/C13H8ClFN2O2/c14-7-3-1-4-8(15)10(7)11-12(17-19-13(11)16)9-5-2-6-18-9/h1-6H,16H2. The molecular weight excluding hydrogens is 271 g/mol. The minimum Gasteiger partial charge on any atom is -0.463 e. The van der Waals surface area contributed by atoms with Gasteiger partial charge >= 0.3 is 0 Å². The number of hydrogen-bond donors (Lipinski definition) is 1. The third-order valence-corrected chi connectivity index (χ3v) is 3.00. The minimum absolute atomic E-state index is 0.0154. The Morgan fingerprint density at radius 2 is 2.00 bits per heavy atom. The van der Waals surface area contributed by atoms with Gasteiger partial charge in [0.05, 0.1) is 16.8 Å². The van der Waals surface area contributed by atoms with Crippen LogP contribution in [0.4, 0.5) is 10.3 Å². The van der Waals surface area contributed by atoms with Crippen molar-refractivity contribution in [3.8, 4) is 22.6 Å². The molecule has 0 unspecified atom stereocenters. The predicted molar refractivity (Wildman–Crippen MR) is 69.0 cm³/mol. The van der Waals surface area contributed by atoms with Crippen molar-refractivity contribution in [3.63, 3.8) is 0 Å². The van der Waals surface area contributed by atoms with Crippen LogP contribution in [-0.2, 0) is 0 Å². The van der Waals surface area contributed by atoms with E-state index in [1.165, 1.54) is 18.4 Å². The van der Waals surface area contributed by atoms with Gasteiger partial charge in [0.1, 0.15) is 5.82 Å². The zero-order valence-electron chi connectivity index (χ0n) is 9.56. The van der Waals surface area contributed by atoms with Crippen LogP contribution in [0.5, 0.6) is 0 Å². The molecule has 1 aromatic carbocycles. The Bertz CT molecular complexity index is 702. The van der Waals surface area contributed by atoms with Gasteiger partial charge in [0.2, 0.25) is 5.88 Å². The highest BCUT2D eigenvalue weighted by molar-refractivity contribution is 6.33. The summed E-state index contributed by atoms with van der Waals surface area (Å²) in [5.74, 6) is -0.0941. The van der Waals surface area contributed by atoms with Crippen molar-refractivity contribution in [2.75, 3.05) is 5.73 Å². The Kier molecular flexibility index (Phi) is 2.76. The van der Waals surface area contributed by atoms with Crippen molar-refractivity contribution in [1.29, 1.82) is 0 Å². The second kappa shape index (κ2) is 4.44. The van der Waals surface area contributed by atoms with Gasteiger partial charge in [0, 0.05) is 5.56 Å². The zero-order chi connectivity index (χ0) is 13.4. The summed E-state index contributed by atoms with van der Waals surface area (Å²) in [6, 6.07) is 7.73. The molecular formula is C13H8ClFN2O2. The molecule has 4 nitrogen and oxygen atoms in total. The fourth-order valence-corrected chi connectivity index (χ4v) is 2.12. The summed E-state index contributed by atoms with van der Waals surface area (Å²) in [5, 5.41) is 4.02. The normalized spacial score (nSPS) is 10.8. The van der Waals surface area contributed by atoms with Crippen LogP contribution in [0.2, 0.25) is 5.02 Å². The van der Waals surface area contributed by atoms with Crippen molar-refractivity contribution in [2.45, 2.75) is 0 Å². The van der Waals surface area contributed by atoms with E-state index in [-0.39, 0.29) is 22.0 Å². The molecule has 2 N–H and O–H groups in total. The first-order chi connectivity index (χ1) is 9.18. The Labute approximate surface area is 112 Å². The van der Waals surface area contributed by atoms with Crippen molar-refractivity contribution in [3.05, 3.63) is 47.4 Å². The van der Waals surface area contributed by atoms with E-state index in [4.69, 9.17) is 26.3 Å². The van der Waals surface area contributed by atoms with Gasteiger partial charge in [-0.25, -0.2) is 4.39 Å². The Hall–Kier alpha value is -2.27. The van der Waals surface area contributed by atoms with Crippen LogP contribution < -0.4 is 5.73 Å². The second-order valence-electron chi connectivity index (χ2n) is 3.84. The molecule has 0 radical (unpaired) electrons. The highest BCUT2D eigenvalue weighted by atomic mass is 35.5. The second-order valence-corrected chi connectivity index (χ2v) is 4.25. The zero-order valence-corrected chi connectivity index (χ0v) is 10.3. The van der Waals surface area contributed by atoms with Crippen LogP contribution in [0.15, 0.2) is 45.5 Å². The van der Waals surface area contributed by atoms with E-state index in [9.17, 15) is 4.39 Å². The smallest absolute Gasteiger partial charge is 0.230 e. The van der Waals surface area contributed by atoms with Crippen molar-refractivity contribution >= 4 is 17.5 Å². The average molecular weight is 279 g/mol. The van der Waals surface area contributed by atoms with Crippen LogP contribution in [0.25, 0.3) is 22.6 Å². The van der Waals surface area contributed by atoms with Gasteiger partial charge < -0.3 is 14.7 Å². The van der Waals surface area contributed by atoms with E-state index >= 15 is 0 Å². The SMILES string of the molecule is Nc1onc(-c2ccco2)c1-c1c(F)cccc1Cl. The molecule has 96 valence electrons. The van der Waals surface area contributed by atoms with Gasteiger partial charge in [0.15, 0.2) is 11.5 Å². The molecule has 0 aliphatic carbocycles. The number of aromatic nitrogens is 1. The van der Waals surface area contributed by atoms with Crippen molar-refractivity contribution in [2.24, 2.45) is 0 Å². The Balaban J connectivity index is 2.29. The third kappa shape index (κ3) is 1.88. The molecule has 19 heavy (non-hydrogen) atoms. The summed E-state index contributed by atoms with van der Waals surface area (Å²) in [6.07, 6.45) is 1.48. The van der Waals surface area contributed by atoms with E-state index in [1.54, 1.807) is 18.2 Å². The number of furan rings is 1. The maximum Gasteiger partial charge on any atom is 0.230 e. The molecule has 0 amide bonds. The fraction of sp³-hybridized carbons (Fsp3) is 0. The van der Waals surface area contributed by atoms with Crippen LogP contribution in [0, 0.1) is 5.82 Å². The van der Waals surface area contributed by atoms with E-state index in [0.717, 1.165) is 0 Å². The lowest BCUT2D eigenvalue weighted by atomic mass is 10.0. The lowest BCUT2D eigenvalue weighted by Crippen LogP contribution is -1.91. The monoisotopic (exact) mass is 278 g/mol. The molecule has 0 saturated heterocycles. The van der Waals surface area contributed by atoms with Gasteiger partial charge in [-0.2, -0.15) is 0 Å². The number of halogens is 2. The number of nitrogens with zero attached hydrogens (tertiary/aromatic N) is 1. The number of rotatable bonds is 2. The summed E-state index contributed by atoms with van der Waals surface area (Å²) >= 11 is 6.03. The van der Waals surface area contributed by atoms with Gasteiger partial charge in [0.25, 0.3) is 0 Å². The molecule has 0 bridgehead atoms. The molecule has 3 rings (SSSR count). The quantitative estimate of drug-likeness (QED) is 0.770. The lowest BCUT2D eigenvalue weighted by Gasteiger charge is -2.05. The van der Waals surface area contributed by atoms with Gasteiger partial charge in [-0.3, -0.25) is 0 Å². The summed E-state index contributed by atoms with van der Waals surface area (Å²) in [5.41, 5.74) is 6.47. The molecule has 0 atom stereocenters. The van der Waals surface area contributed by atoms with Gasteiger partial charge in [-0.15, -0.1) is 0 Å². The van der Waals surface area contributed by atoms with E-state index in [2.05, 4.69) is 5.16 Å². The largest absolute Gasteiger partial charge is 0.463 e. The molecule has 2 heterocycles. The highest BCUT2D eigenvalue weighted by Crippen LogP contribution is 2.40. The summed E-state index contributed by atoms with van der Waals surface area (Å²) in [7, 11) is 0.